The van der Waals surface area contributed by atoms with E-state index >= 15 is 0 Å². The van der Waals surface area contributed by atoms with Gasteiger partial charge >= 0.3 is 5.97 Å². The molecule has 3 rings (SSSR count). The zero-order valence-corrected chi connectivity index (χ0v) is 18.7. The minimum Gasteiger partial charge on any atom is -0.492 e. The van der Waals surface area contributed by atoms with E-state index in [1.54, 1.807) is 30.3 Å². The first kappa shape index (κ1) is 23.0. The minimum atomic E-state index is -3.91. The van der Waals surface area contributed by atoms with Gasteiger partial charge in [-0.2, -0.15) is 0 Å². The van der Waals surface area contributed by atoms with Crippen LogP contribution in [0.25, 0.3) is 0 Å². The van der Waals surface area contributed by atoms with Gasteiger partial charge in [0, 0.05) is 6.07 Å². The van der Waals surface area contributed by atoms with E-state index in [2.05, 4.69) is 4.72 Å². The fourth-order valence-electron chi connectivity index (χ4n) is 2.87. The highest BCUT2D eigenvalue weighted by Gasteiger charge is 2.20. The first-order chi connectivity index (χ1) is 15.2. The molecule has 0 spiro atoms. The number of ether oxygens (including phenoxy) is 3. The lowest BCUT2D eigenvalue weighted by molar-refractivity contribution is 0.0601. The molecule has 168 valence electrons. The van der Waals surface area contributed by atoms with Gasteiger partial charge in [-0.1, -0.05) is 17.7 Å². The number of esters is 1. The average Bonchev–Trinajstić information content (AvgIpc) is 2.77. The van der Waals surface area contributed by atoms with Crippen LogP contribution in [0.15, 0.2) is 65.6 Å². The lowest BCUT2D eigenvalue weighted by atomic mass is 10.1. The molecule has 0 saturated heterocycles. The third kappa shape index (κ3) is 5.30. The number of sulfonamides is 1. The molecule has 3 aromatic carbocycles. The maximum absolute atomic E-state index is 12.8. The van der Waals surface area contributed by atoms with Gasteiger partial charge < -0.3 is 19.9 Å². The number of carbonyl (C=O) groups is 1. The third-order valence-electron chi connectivity index (χ3n) is 4.49. The lowest BCUT2D eigenvalue weighted by Crippen LogP contribution is -2.16. The van der Waals surface area contributed by atoms with Crippen LogP contribution >= 0.6 is 0 Å². The van der Waals surface area contributed by atoms with Gasteiger partial charge in [0.25, 0.3) is 10.0 Å². The first-order valence-corrected chi connectivity index (χ1v) is 11.2. The Morgan fingerprint density at radius 1 is 1.00 bits per heavy atom. The molecule has 0 fully saturated rings. The monoisotopic (exact) mass is 456 g/mol. The first-order valence-electron chi connectivity index (χ1n) is 9.75. The summed E-state index contributed by atoms with van der Waals surface area (Å²) in [6, 6.07) is 15.7. The maximum atomic E-state index is 12.8. The minimum absolute atomic E-state index is 0.00108. The molecule has 32 heavy (non-hydrogen) atoms. The Morgan fingerprint density at radius 2 is 1.66 bits per heavy atom. The number of aryl methyl sites for hydroxylation is 1. The molecular weight excluding hydrogens is 432 g/mol. The number of rotatable bonds is 8. The number of carbonyl (C=O) groups excluding carboxylic acids is 1. The van der Waals surface area contributed by atoms with E-state index in [1.807, 2.05) is 13.8 Å². The third-order valence-corrected chi connectivity index (χ3v) is 5.87. The Bertz CT molecular complexity index is 1220. The number of nitrogens with two attached hydrogens (primary N) is 1. The van der Waals surface area contributed by atoms with Gasteiger partial charge in [-0.3, -0.25) is 4.72 Å². The SMILES string of the molecule is CCOc1cc(Oc2ccc(NS(=O)(=O)c3ccc(C)cc3)c(C(=O)OC)c2)ccc1N. The Balaban J connectivity index is 1.92. The number of hydrogen-bond acceptors (Lipinski definition) is 7. The Morgan fingerprint density at radius 3 is 2.31 bits per heavy atom. The van der Waals surface area contributed by atoms with E-state index in [-0.39, 0.29) is 16.1 Å². The van der Waals surface area contributed by atoms with Crippen LogP contribution in [0.1, 0.15) is 22.8 Å². The molecule has 0 unspecified atom stereocenters. The van der Waals surface area contributed by atoms with Crippen LogP contribution in [0.2, 0.25) is 0 Å². The molecule has 3 aromatic rings. The smallest absolute Gasteiger partial charge is 0.340 e. The summed E-state index contributed by atoms with van der Waals surface area (Å²) in [7, 11) is -2.70. The lowest BCUT2D eigenvalue weighted by Gasteiger charge is -2.14. The highest BCUT2D eigenvalue weighted by molar-refractivity contribution is 7.92. The van der Waals surface area contributed by atoms with Crippen molar-refractivity contribution in [3.63, 3.8) is 0 Å². The average molecular weight is 457 g/mol. The van der Waals surface area contributed by atoms with Crippen molar-refractivity contribution < 1.29 is 27.4 Å². The summed E-state index contributed by atoms with van der Waals surface area (Å²) in [4.78, 5) is 12.4. The molecule has 0 atom stereocenters. The van der Waals surface area contributed by atoms with Crippen molar-refractivity contribution in [2.75, 3.05) is 24.2 Å². The van der Waals surface area contributed by atoms with Crippen molar-refractivity contribution in [3.8, 4) is 17.2 Å². The molecule has 0 aromatic heterocycles. The van der Waals surface area contributed by atoms with E-state index < -0.39 is 16.0 Å². The van der Waals surface area contributed by atoms with E-state index in [0.717, 1.165) is 5.56 Å². The number of nitrogens with one attached hydrogen (secondary N) is 1. The number of methoxy groups -OCH3 is 1. The van der Waals surface area contributed by atoms with Crippen molar-refractivity contribution in [3.05, 3.63) is 71.8 Å². The molecule has 0 bridgehead atoms. The molecule has 9 heteroatoms. The van der Waals surface area contributed by atoms with Crippen LogP contribution in [-0.4, -0.2) is 28.1 Å². The summed E-state index contributed by atoms with van der Waals surface area (Å²) < 4.78 is 44.1. The van der Waals surface area contributed by atoms with Gasteiger partial charge in [-0.25, -0.2) is 13.2 Å². The van der Waals surface area contributed by atoms with Crippen LogP contribution in [0.3, 0.4) is 0 Å². The molecular formula is C23H24N2O6S. The zero-order chi connectivity index (χ0) is 23.3. The van der Waals surface area contributed by atoms with E-state index in [4.69, 9.17) is 19.9 Å². The van der Waals surface area contributed by atoms with Gasteiger partial charge in [0.15, 0.2) is 0 Å². The summed E-state index contributed by atoms with van der Waals surface area (Å²) in [6.07, 6.45) is 0. The molecule has 0 aliphatic carbocycles. The highest BCUT2D eigenvalue weighted by Crippen LogP contribution is 2.32. The fraction of sp³-hybridized carbons (Fsp3) is 0.174. The number of benzene rings is 3. The topological polar surface area (TPSA) is 117 Å². The maximum Gasteiger partial charge on any atom is 0.340 e. The van der Waals surface area contributed by atoms with Crippen molar-refractivity contribution in [1.29, 1.82) is 0 Å². The van der Waals surface area contributed by atoms with Crippen LogP contribution in [-0.2, 0) is 14.8 Å². The fourth-order valence-corrected chi connectivity index (χ4v) is 3.95. The summed E-state index contributed by atoms with van der Waals surface area (Å²) in [5, 5.41) is 0. The second-order valence-corrected chi connectivity index (χ2v) is 8.53. The second kappa shape index (κ2) is 9.61. The van der Waals surface area contributed by atoms with Crippen LogP contribution in [0.4, 0.5) is 11.4 Å². The molecule has 0 aliphatic rings. The molecule has 3 N–H and O–H groups in total. The summed E-state index contributed by atoms with van der Waals surface area (Å²) in [5.41, 5.74) is 7.34. The Hall–Kier alpha value is -3.72. The van der Waals surface area contributed by atoms with Crippen molar-refractivity contribution in [1.82, 2.24) is 0 Å². The normalized spacial score (nSPS) is 11.0. The molecule has 0 heterocycles. The van der Waals surface area contributed by atoms with Gasteiger partial charge in [0.1, 0.15) is 17.2 Å². The van der Waals surface area contributed by atoms with Crippen molar-refractivity contribution >= 4 is 27.4 Å². The standard InChI is InChI=1S/C23H24N2O6S/c1-4-30-22-14-17(7-11-20(22)24)31-16-8-12-21(19(13-16)23(26)29-3)25-32(27,28)18-9-5-15(2)6-10-18/h5-14,25H,4,24H2,1-3H3. The van der Waals surface area contributed by atoms with Gasteiger partial charge in [0.2, 0.25) is 0 Å². The number of nitrogen functional groups attached to an aromatic ring is 1. The van der Waals surface area contributed by atoms with Gasteiger partial charge in [0.05, 0.1) is 35.6 Å². The predicted octanol–water partition coefficient (Wildman–Crippen LogP) is 4.36. The Labute approximate surface area is 187 Å². The summed E-state index contributed by atoms with van der Waals surface area (Å²) in [6.45, 7) is 4.14. The molecule has 0 amide bonds. The van der Waals surface area contributed by atoms with E-state index in [0.29, 0.717) is 29.5 Å². The molecule has 0 saturated carbocycles. The second-order valence-electron chi connectivity index (χ2n) is 6.85. The van der Waals surface area contributed by atoms with Crippen LogP contribution in [0.5, 0.6) is 17.2 Å². The molecule has 0 radical (unpaired) electrons. The van der Waals surface area contributed by atoms with Crippen LogP contribution in [0, 0.1) is 6.92 Å². The van der Waals surface area contributed by atoms with Crippen molar-refractivity contribution in [2.45, 2.75) is 18.7 Å². The van der Waals surface area contributed by atoms with Crippen molar-refractivity contribution in [2.24, 2.45) is 0 Å². The quantitative estimate of drug-likeness (QED) is 0.382. The van der Waals surface area contributed by atoms with E-state index in [1.165, 1.54) is 37.4 Å². The molecule has 0 aliphatic heterocycles. The van der Waals surface area contributed by atoms with Gasteiger partial charge in [-0.05, 0) is 56.3 Å². The van der Waals surface area contributed by atoms with Crippen LogP contribution < -0.4 is 19.9 Å². The Kier molecular flexibility index (Phi) is 6.89. The summed E-state index contributed by atoms with van der Waals surface area (Å²) >= 11 is 0. The van der Waals surface area contributed by atoms with E-state index in [9.17, 15) is 13.2 Å². The predicted molar refractivity (Wildman–Crippen MR) is 122 cm³/mol. The number of hydrogen-bond donors (Lipinski definition) is 2. The number of anilines is 2. The van der Waals surface area contributed by atoms with Gasteiger partial charge in [-0.15, -0.1) is 0 Å². The largest absolute Gasteiger partial charge is 0.492 e. The highest BCUT2D eigenvalue weighted by atomic mass is 32.2. The summed E-state index contributed by atoms with van der Waals surface area (Å²) in [5.74, 6) is 0.493. The molecule has 8 nitrogen and oxygen atoms in total. The zero-order valence-electron chi connectivity index (χ0n) is 17.9.